The highest BCUT2D eigenvalue weighted by atomic mass is 32.1. The number of amides is 1. The van der Waals surface area contributed by atoms with E-state index in [2.05, 4.69) is 5.32 Å². The van der Waals surface area contributed by atoms with Crippen LogP contribution in [0.5, 0.6) is 0 Å². The minimum absolute atomic E-state index is 0.0187. The van der Waals surface area contributed by atoms with E-state index in [0.29, 0.717) is 13.0 Å². The number of Topliss-reactive ketones (excluding diaryl/α,β-unsaturated/α-hetero) is 1. The monoisotopic (exact) mass is 254 g/mol. The molecule has 1 N–H and O–H groups in total. The number of carbonyl (C=O) groups excluding carboxylic acids is 2. The molecule has 0 aromatic carbocycles. The molecule has 0 aliphatic carbocycles. The van der Waals surface area contributed by atoms with Gasteiger partial charge in [0, 0.05) is 33.0 Å². The van der Waals surface area contributed by atoms with Gasteiger partial charge in [0.25, 0.3) is 0 Å². The normalized spacial score (nSPS) is 10.2. The van der Waals surface area contributed by atoms with E-state index in [1.165, 1.54) is 11.3 Å². The van der Waals surface area contributed by atoms with Crippen LogP contribution >= 0.6 is 11.3 Å². The summed E-state index contributed by atoms with van der Waals surface area (Å²) >= 11 is 1.42. The predicted molar refractivity (Wildman–Crippen MR) is 69.4 cm³/mol. The van der Waals surface area contributed by atoms with Crippen LogP contribution in [0, 0.1) is 0 Å². The number of carbonyl (C=O) groups is 2. The molecule has 17 heavy (non-hydrogen) atoms. The number of ketones is 1. The van der Waals surface area contributed by atoms with Gasteiger partial charge in [-0.3, -0.25) is 9.59 Å². The van der Waals surface area contributed by atoms with Gasteiger partial charge in [0.15, 0.2) is 5.78 Å². The Kier molecular flexibility index (Phi) is 5.86. The van der Waals surface area contributed by atoms with E-state index in [4.69, 9.17) is 0 Å². The van der Waals surface area contributed by atoms with E-state index in [-0.39, 0.29) is 18.1 Å². The van der Waals surface area contributed by atoms with Crippen LogP contribution in [0.1, 0.15) is 22.5 Å². The first-order chi connectivity index (χ1) is 8.15. The number of hydrogen-bond acceptors (Lipinski definition) is 4. The van der Waals surface area contributed by atoms with Crippen LogP contribution in [-0.4, -0.2) is 43.8 Å². The van der Waals surface area contributed by atoms with Crippen LogP contribution in [-0.2, 0) is 4.79 Å². The summed E-state index contributed by atoms with van der Waals surface area (Å²) in [5, 5.41) is 4.85. The molecule has 0 radical (unpaired) electrons. The Morgan fingerprint density at radius 1 is 1.41 bits per heavy atom. The second kappa shape index (κ2) is 7.19. The second-order valence-electron chi connectivity index (χ2n) is 3.82. The fourth-order valence-electron chi connectivity index (χ4n) is 1.38. The van der Waals surface area contributed by atoms with Gasteiger partial charge >= 0.3 is 0 Å². The maximum Gasteiger partial charge on any atom is 0.222 e. The van der Waals surface area contributed by atoms with Crippen molar-refractivity contribution in [1.29, 1.82) is 0 Å². The molecule has 0 saturated carbocycles. The zero-order chi connectivity index (χ0) is 12.7. The molecule has 1 heterocycles. The summed E-state index contributed by atoms with van der Waals surface area (Å²) in [7, 11) is 3.61. The van der Waals surface area contributed by atoms with Crippen LogP contribution in [0.15, 0.2) is 17.5 Å². The molecule has 0 spiro atoms. The molecule has 1 aromatic rings. The molecule has 5 heteroatoms. The fourth-order valence-corrected chi connectivity index (χ4v) is 2.07. The zero-order valence-corrected chi connectivity index (χ0v) is 11.0. The standard InChI is InChI=1S/C12H18N2O2S/c1-13-7-8-14(2)12(16)6-5-10(15)11-4-3-9-17-11/h3-4,9,13H,5-8H2,1-2H3. The Hall–Kier alpha value is -1.20. The molecule has 1 rings (SSSR count). The summed E-state index contributed by atoms with van der Waals surface area (Å²) in [5.41, 5.74) is 0. The Morgan fingerprint density at radius 2 is 2.18 bits per heavy atom. The third kappa shape index (κ3) is 4.66. The molecule has 0 bridgehead atoms. The number of nitrogens with zero attached hydrogens (tertiary/aromatic N) is 1. The van der Waals surface area contributed by atoms with Gasteiger partial charge in [0.05, 0.1) is 4.88 Å². The molecule has 0 saturated heterocycles. The van der Waals surface area contributed by atoms with Gasteiger partial charge in [-0.25, -0.2) is 0 Å². The molecule has 4 nitrogen and oxygen atoms in total. The van der Waals surface area contributed by atoms with Crippen molar-refractivity contribution >= 4 is 23.0 Å². The van der Waals surface area contributed by atoms with Crippen molar-refractivity contribution < 1.29 is 9.59 Å². The lowest BCUT2D eigenvalue weighted by molar-refractivity contribution is -0.129. The van der Waals surface area contributed by atoms with Crippen molar-refractivity contribution in [2.45, 2.75) is 12.8 Å². The molecule has 0 atom stereocenters. The third-order valence-electron chi connectivity index (χ3n) is 2.48. The van der Waals surface area contributed by atoms with E-state index in [1.807, 2.05) is 18.5 Å². The number of hydrogen-bond donors (Lipinski definition) is 1. The number of rotatable bonds is 7. The van der Waals surface area contributed by atoms with Crippen LogP contribution in [0.25, 0.3) is 0 Å². The SMILES string of the molecule is CNCCN(C)C(=O)CCC(=O)c1cccs1. The largest absolute Gasteiger partial charge is 0.344 e. The van der Waals surface area contributed by atoms with Gasteiger partial charge in [0.2, 0.25) is 5.91 Å². The molecule has 1 aromatic heterocycles. The lowest BCUT2D eigenvalue weighted by Gasteiger charge is -2.16. The molecular formula is C12H18N2O2S. The molecule has 94 valence electrons. The van der Waals surface area contributed by atoms with E-state index in [0.717, 1.165) is 11.4 Å². The van der Waals surface area contributed by atoms with E-state index in [9.17, 15) is 9.59 Å². The Labute approximate surface area is 106 Å². The highest BCUT2D eigenvalue weighted by Gasteiger charge is 2.12. The summed E-state index contributed by atoms with van der Waals surface area (Å²) in [4.78, 5) is 25.7. The Balaban J connectivity index is 2.30. The first-order valence-corrected chi connectivity index (χ1v) is 6.48. The first kappa shape index (κ1) is 13.9. The van der Waals surface area contributed by atoms with Crippen molar-refractivity contribution in [3.63, 3.8) is 0 Å². The summed E-state index contributed by atoms with van der Waals surface area (Å²) in [6.07, 6.45) is 0.584. The smallest absolute Gasteiger partial charge is 0.222 e. The third-order valence-corrected chi connectivity index (χ3v) is 3.40. The van der Waals surface area contributed by atoms with Crippen molar-refractivity contribution in [2.24, 2.45) is 0 Å². The molecule has 1 amide bonds. The number of thiophene rings is 1. The fraction of sp³-hybridized carbons (Fsp3) is 0.500. The first-order valence-electron chi connectivity index (χ1n) is 5.60. The van der Waals surface area contributed by atoms with Crippen LogP contribution in [0.3, 0.4) is 0 Å². The van der Waals surface area contributed by atoms with Crippen LogP contribution in [0.2, 0.25) is 0 Å². The maximum absolute atomic E-state index is 11.7. The molecule has 0 fully saturated rings. The van der Waals surface area contributed by atoms with E-state index < -0.39 is 0 Å². The number of likely N-dealkylation sites (N-methyl/N-ethyl adjacent to an activating group) is 2. The molecule has 0 aliphatic rings. The minimum atomic E-state index is 0.0187. The van der Waals surface area contributed by atoms with Gasteiger partial charge in [-0.2, -0.15) is 0 Å². The molecule has 0 aliphatic heterocycles. The van der Waals surface area contributed by atoms with Gasteiger partial charge in [-0.05, 0) is 18.5 Å². The highest BCUT2D eigenvalue weighted by Crippen LogP contribution is 2.12. The molecular weight excluding hydrogens is 236 g/mol. The van der Waals surface area contributed by atoms with Crippen molar-refractivity contribution in [3.05, 3.63) is 22.4 Å². The van der Waals surface area contributed by atoms with E-state index in [1.54, 1.807) is 18.0 Å². The second-order valence-corrected chi connectivity index (χ2v) is 4.77. The summed E-state index contributed by atoms with van der Waals surface area (Å²) < 4.78 is 0. The van der Waals surface area contributed by atoms with Gasteiger partial charge in [-0.1, -0.05) is 6.07 Å². The predicted octanol–water partition coefficient (Wildman–Crippen LogP) is 1.39. The maximum atomic E-state index is 11.7. The zero-order valence-electron chi connectivity index (χ0n) is 10.2. The average molecular weight is 254 g/mol. The van der Waals surface area contributed by atoms with Gasteiger partial charge in [0.1, 0.15) is 0 Å². The summed E-state index contributed by atoms with van der Waals surface area (Å²) in [5.74, 6) is 0.0699. The van der Waals surface area contributed by atoms with Crippen molar-refractivity contribution in [1.82, 2.24) is 10.2 Å². The topological polar surface area (TPSA) is 49.4 Å². The highest BCUT2D eigenvalue weighted by molar-refractivity contribution is 7.12. The van der Waals surface area contributed by atoms with Crippen molar-refractivity contribution in [2.75, 3.05) is 27.2 Å². The lowest BCUT2D eigenvalue weighted by atomic mass is 10.2. The Bertz CT molecular complexity index is 363. The Morgan fingerprint density at radius 3 is 2.76 bits per heavy atom. The van der Waals surface area contributed by atoms with E-state index >= 15 is 0 Å². The summed E-state index contributed by atoms with van der Waals surface area (Å²) in [6.45, 7) is 1.43. The van der Waals surface area contributed by atoms with Gasteiger partial charge in [-0.15, -0.1) is 11.3 Å². The quantitative estimate of drug-likeness (QED) is 0.748. The minimum Gasteiger partial charge on any atom is -0.344 e. The van der Waals surface area contributed by atoms with Crippen LogP contribution < -0.4 is 5.32 Å². The van der Waals surface area contributed by atoms with Crippen molar-refractivity contribution in [3.8, 4) is 0 Å². The molecule has 0 unspecified atom stereocenters. The number of nitrogens with one attached hydrogen (secondary N) is 1. The summed E-state index contributed by atoms with van der Waals surface area (Å²) in [6, 6.07) is 3.64. The lowest BCUT2D eigenvalue weighted by Crippen LogP contribution is -2.32. The van der Waals surface area contributed by atoms with Crippen LogP contribution in [0.4, 0.5) is 0 Å². The van der Waals surface area contributed by atoms with Gasteiger partial charge < -0.3 is 10.2 Å². The average Bonchev–Trinajstić information content (AvgIpc) is 2.86.